The first-order valence-electron chi connectivity index (χ1n) is 32.8. The third kappa shape index (κ3) is 21.6. The van der Waals surface area contributed by atoms with E-state index in [1.807, 2.05) is 108 Å². The van der Waals surface area contributed by atoms with Gasteiger partial charge in [-0.25, -0.2) is 9.59 Å². The lowest BCUT2D eigenvalue weighted by Crippen LogP contribution is -2.60. The minimum atomic E-state index is -1.12. The maximum absolute atomic E-state index is 15.3. The summed E-state index contributed by atoms with van der Waals surface area (Å²) in [6.07, 6.45) is 0.143. The van der Waals surface area contributed by atoms with Crippen LogP contribution in [0.1, 0.15) is 159 Å². The van der Waals surface area contributed by atoms with E-state index < -0.39 is 118 Å². The molecule has 0 spiro atoms. The van der Waals surface area contributed by atoms with Crippen LogP contribution in [-0.2, 0) is 46.3 Å². The van der Waals surface area contributed by atoms with E-state index in [0.29, 0.717) is 31.5 Å². The van der Waals surface area contributed by atoms with Crippen LogP contribution in [0.5, 0.6) is 0 Å². The number of carbonyl (C=O) groups excluding carboxylic acids is 10. The molecule has 8 atom stereocenters. The average Bonchev–Trinajstić information content (AvgIpc) is 1.72. The highest BCUT2D eigenvalue weighted by atomic mass is 16.6. The Bertz CT molecular complexity index is 3320. The van der Waals surface area contributed by atoms with Crippen LogP contribution in [0, 0.1) is 10.8 Å². The van der Waals surface area contributed by atoms with Crippen LogP contribution >= 0.6 is 0 Å². The molecule has 0 radical (unpaired) electrons. The van der Waals surface area contributed by atoms with E-state index in [1.54, 1.807) is 99.3 Å². The lowest BCUT2D eigenvalue weighted by atomic mass is 9.85. The van der Waals surface area contributed by atoms with E-state index >= 15 is 9.59 Å². The number of hydrogen-bond donors (Lipinski definition) is 4. The van der Waals surface area contributed by atoms with Crippen molar-refractivity contribution in [2.24, 2.45) is 10.8 Å². The first-order chi connectivity index (χ1) is 44.3. The molecule has 2 aliphatic rings. The fourth-order valence-electron chi connectivity index (χ4n) is 11.5. The van der Waals surface area contributed by atoms with Crippen molar-refractivity contribution in [2.75, 3.05) is 53.4 Å². The molecule has 4 N–H and O–H groups in total. The van der Waals surface area contributed by atoms with Crippen molar-refractivity contribution in [3.8, 4) is 0 Å². The lowest BCUT2D eigenvalue weighted by Gasteiger charge is -2.38. The summed E-state index contributed by atoms with van der Waals surface area (Å²) in [5, 5.41) is 12.1. The first kappa shape index (κ1) is 75.2. The Balaban J connectivity index is 1.23. The van der Waals surface area contributed by atoms with Gasteiger partial charge in [-0.15, -0.1) is 0 Å². The van der Waals surface area contributed by atoms with Gasteiger partial charge in [0.25, 0.3) is 17.7 Å². The van der Waals surface area contributed by atoms with E-state index in [1.165, 1.54) is 55.1 Å². The topological polar surface area (TPSA) is 257 Å². The second kappa shape index (κ2) is 32.1. The highest BCUT2D eigenvalue weighted by Gasteiger charge is 2.47. The first-order valence-corrected chi connectivity index (χ1v) is 32.8. The second-order valence-electron chi connectivity index (χ2n) is 29.4. The molecule has 2 saturated heterocycles. The third-order valence-corrected chi connectivity index (χ3v) is 17.2. The number of likely N-dealkylation sites (tertiary alicyclic amines) is 2. The van der Waals surface area contributed by atoms with Gasteiger partial charge in [0.05, 0.1) is 12.1 Å². The molecular weight excluding hydrogens is 1210 g/mol. The van der Waals surface area contributed by atoms with E-state index in [2.05, 4.69) is 21.3 Å². The van der Waals surface area contributed by atoms with Gasteiger partial charge in [0.15, 0.2) is 0 Å². The predicted octanol–water partition coefficient (Wildman–Crippen LogP) is 8.13. The molecule has 2 aliphatic heterocycles. The SMILES string of the molecule is CC(=O)N(CCc1ccccc1)C[C@@H]1C[C@H](NC(=O)c2ccc(C(=O)N[C@H]3C[C@@H](CN(CCc4ccccc4)C(=O)c4ccccc4)N(C(=O)[C@@H](NC(=O)[C@H](C)N(C)C(=O)OC(C)(C)C)C(C)(C)C)C3)cc2)CN1C(=O)[C@@H](NC(=O)[C@H](C)N(C)C(=O)OC(C)(C)C)C(C)(C)C. The van der Waals surface area contributed by atoms with Gasteiger partial charge < -0.3 is 50.3 Å². The summed E-state index contributed by atoms with van der Waals surface area (Å²) in [7, 11) is 2.90. The van der Waals surface area contributed by atoms with Crippen molar-refractivity contribution in [2.45, 2.75) is 189 Å². The molecule has 0 saturated carbocycles. The van der Waals surface area contributed by atoms with Gasteiger partial charge in [-0.1, -0.05) is 120 Å². The fourth-order valence-corrected chi connectivity index (χ4v) is 11.5. The van der Waals surface area contributed by atoms with Gasteiger partial charge in [-0.3, -0.25) is 48.2 Å². The normalized spacial score (nSPS) is 17.8. The van der Waals surface area contributed by atoms with Crippen LogP contribution in [0.15, 0.2) is 115 Å². The highest BCUT2D eigenvalue weighted by Crippen LogP contribution is 2.30. The number of nitrogens with one attached hydrogen (secondary N) is 4. The van der Waals surface area contributed by atoms with Crippen molar-refractivity contribution in [3.05, 3.63) is 143 Å². The number of ether oxygens (including phenoxy) is 2. The molecule has 0 unspecified atom stereocenters. The highest BCUT2D eigenvalue weighted by molar-refractivity contribution is 5.99. The molecule has 4 aromatic carbocycles. The summed E-state index contributed by atoms with van der Waals surface area (Å²) in [4.78, 5) is 150. The molecule has 4 aromatic rings. The van der Waals surface area contributed by atoms with Gasteiger partial charge in [-0.05, 0) is 139 Å². The predicted molar refractivity (Wildman–Crippen MR) is 364 cm³/mol. The average molecular weight is 1310 g/mol. The zero-order valence-corrected chi connectivity index (χ0v) is 58.7. The van der Waals surface area contributed by atoms with E-state index in [-0.39, 0.29) is 62.0 Å². The Morgan fingerprint density at radius 1 is 0.484 bits per heavy atom. The molecule has 0 aromatic heterocycles. The van der Waals surface area contributed by atoms with Crippen molar-refractivity contribution >= 4 is 59.4 Å². The molecule has 516 valence electrons. The van der Waals surface area contributed by atoms with Crippen molar-refractivity contribution in [1.29, 1.82) is 0 Å². The smallest absolute Gasteiger partial charge is 0.410 e. The Morgan fingerprint density at radius 2 is 0.821 bits per heavy atom. The molecule has 2 fully saturated rings. The number of benzene rings is 4. The zero-order valence-electron chi connectivity index (χ0n) is 58.7. The van der Waals surface area contributed by atoms with E-state index in [4.69, 9.17) is 9.47 Å². The van der Waals surface area contributed by atoms with E-state index in [9.17, 15) is 38.4 Å². The van der Waals surface area contributed by atoms with Gasteiger partial charge in [0.2, 0.25) is 29.5 Å². The van der Waals surface area contributed by atoms with Gasteiger partial charge in [-0.2, -0.15) is 0 Å². The maximum Gasteiger partial charge on any atom is 0.410 e. The number of likely N-dealkylation sites (N-methyl/N-ethyl adjacent to an activating group) is 2. The number of amides is 10. The maximum atomic E-state index is 15.3. The van der Waals surface area contributed by atoms with Crippen LogP contribution in [0.25, 0.3) is 0 Å². The minimum absolute atomic E-state index is 0.0180. The largest absolute Gasteiger partial charge is 0.444 e. The van der Waals surface area contributed by atoms with Crippen LogP contribution in [0.4, 0.5) is 9.59 Å². The molecule has 95 heavy (non-hydrogen) atoms. The summed E-state index contributed by atoms with van der Waals surface area (Å²) in [5.74, 6) is -3.46. The number of nitrogens with zero attached hydrogens (tertiary/aromatic N) is 6. The molecular formula is C73H102N10O12. The number of rotatable bonds is 23. The summed E-state index contributed by atoms with van der Waals surface area (Å²) in [6, 6.07) is 27.6. The van der Waals surface area contributed by atoms with Gasteiger partial charge in [0, 0.05) is 89.1 Å². The Labute approximate surface area is 561 Å². The molecule has 0 aliphatic carbocycles. The molecule has 6 rings (SSSR count). The van der Waals surface area contributed by atoms with Gasteiger partial charge >= 0.3 is 12.2 Å². The van der Waals surface area contributed by atoms with Crippen LogP contribution < -0.4 is 21.3 Å². The Hall–Kier alpha value is -8.82. The summed E-state index contributed by atoms with van der Waals surface area (Å²) >= 11 is 0. The summed E-state index contributed by atoms with van der Waals surface area (Å²) in [6.45, 7) is 26.8. The van der Waals surface area contributed by atoms with Crippen molar-refractivity contribution in [3.63, 3.8) is 0 Å². The number of hydrogen-bond acceptors (Lipinski definition) is 12. The van der Waals surface area contributed by atoms with Crippen molar-refractivity contribution < 1.29 is 57.4 Å². The fraction of sp³-hybridized carbons (Fsp3) is 0.534. The number of carbonyl (C=O) groups is 10. The molecule has 0 bridgehead atoms. The standard InChI is InChI=1S/C73H102N10O12/c1-47(78(16)68(92)94-72(10,11)12)61(85)76-59(70(4,5)6)66(90)82-43-55(41-57(82)45-80(49(3)84)39-37-50-27-21-18-22-28-50)74-63(87)52-33-35-53(36-34-52)64(88)75-56-42-58(46-81(40-38-51-29-23-19-24-30-51)65(89)54-31-25-20-26-32-54)83(44-56)67(91)60(71(7,8)9)77-62(86)48(2)79(17)69(93)95-73(13,14)15/h18-36,47-48,55-60H,37-46H2,1-17H3,(H,74,87)(H,75,88)(H,76,85)(H,77,86)/t47-,48-,55-,56-,57-,58-,59+,60+/m0/s1. The Kier molecular flexibility index (Phi) is 25.4. The second-order valence-corrected chi connectivity index (χ2v) is 29.4. The zero-order chi connectivity index (χ0) is 70.5. The minimum Gasteiger partial charge on any atom is -0.444 e. The monoisotopic (exact) mass is 1310 g/mol. The quantitative estimate of drug-likeness (QED) is 0.0549. The van der Waals surface area contributed by atoms with Crippen LogP contribution in [0.2, 0.25) is 0 Å². The summed E-state index contributed by atoms with van der Waals surface area (Å²) in [5.41, 5.74) is -0.418. The van der Waals surface area contributed by atoms with E-state index in [0.717, 1.165) is 11.1 Å². The lowest BCUT2D eigenvalue weighted by molar-refractivity contribution is -0.142. The molecule has 22 heteroatoms. The van der Waals surface area contributed by atoms with Crippen LogP contribution in [0.3, 0.4) is 0 Å². The van der Waals surface area contributed by atoms with Crippen molar-refractivity contribution in [1.82, 2.24) is 50.7 Å². The van der Waals surface area contributed by atoms with Gasteiger partial charge in [0.1, 0.15) is 35.4 Å². The van der Waals surface area contributed by atoms with Crippen LogP contribution in [-0.4, -0.2) is 202 Å². The molecule has 10 amide bonds. The molecule has 2 heterocycles. The summed E-state index contributed by atoms with van der Waals surface area (Å²) < 4.78 is 11.0. The third-order valence-electron chi connectivity index (χ3n) is 17.2. The Morgan fingerprint density at radius 3 is 1.16 bits per heavy atom. The molecule has 22 nitrogen and oxygen atoms in total.